The third-order valence-corrected chi connectivity index (χ3v) is 5.38. The number of ether oxygens (including phenoxy) is 1. The number of aliphatic hydroxyl groups excluding tert-OH is 1. The Morgan fingerprint density at radius 3 is 2.76 bits per heavy atom. The molecule has 0 aliphatic heterocycles. The van der Waals surface area contributed by atoms with Gasteiger partial charge in [-0.25, -0.2) is 0 Å². The Morgan fingerprint density at radius 2 is 2.07 bits per heavy atom. The first-order chi connectivity index (χ1) is 14.1. The lowest BCUT2D eigenvalue weighted by Gasteiger charge is -2.19. The second-order valence-corrected chi connectivity index (χ2v) is 7.36. The van der Waals surface area contributed by atoms with E-state index in [-0.39, 0.29) is 18.5 Å². The number of benzene rings is 1. The third kappa shape index (κ3) is 4.69. The molecule has 0 radical (unpaired) electrons. The van der Waals surface area contributed by atoms with E-state index in [9.17, 15) is 4.79 Å². The molecule has 1 aromatic carbocycles. The predicted molar refractivity (Wildman–Crippen MR) is 117 cm³/mol. The van der Waals surface area contributed by atoms with Gasteiger partial charge < -0.3 is 19.7 Å². The molecule has 1 heterocycles. The van der Waals surface area contributed by atoms with Crippen molar-refractivity contribution in [2.45, 2.75) is 38.7 Å². The van der Waals surface area contributed by atoms with Crippen molar-refractivity contribution < 1.29 is 14.6 Å². The summed E-state index contributed by atoms with van der Waals surface area (Å²) < 4.78 is 7.78. The predicted octanol–water partition coefficient (Wildman–Crippen LogP) is 1.92. The van der Waals surface area contributed by atoms with E-state index in [4.69, 9.17) is 9.84 Å². The summed E-state index contributed by atoms with van der Waals surface area (Å²) in [6.07, 6.45) is 6.45. The van der Waals surface area contributed by atoms with E-state index in [1.807, 2.05) is 25.1 Å². The molecule has 1 aromatic heterocycles. The molecular weight excluding hydrogens is 364 g/mol. The number of nitrogens with zero attached hydrogens (tertiary/aromatic N) is 1. The Balaban J connectivity index is 1.97. The molecule has 1 atom stereocenters. The van der Waals surface area contributed by atoms with Crippen LogP contribution in [-0.2, 0) is 16.0 Å². The number of methoxy groups -OCH3 is 1. The van der Waals surface area contributed by atoms with Crippen molar-refractivity contribution in [3.8, 4) is 5.69 Å². The molecule has 1 aliphatic carbocycles. The molecule has 1 aliphatic rings. The van der Waals surface area contributed by atoms with E-state index in [1.165, 1.54) is 5.69 Å². The van der Waals surface area contributed by atoms with E-state index in [0.717, 1.165) is 33.9 Å². The smallest absolute Gasteiger partial charge is 0.134 e. The Bertz CT molecular complexity index is 989. The number of para-hydroxylation sites is 1. The van der Waals surface area contributed by atoms with E-state index in [0.29, 0.717) is 25.8 Å². The Hall–Kier alpha value is -2.63. The van der Waals surface area contributed by atoms with Gasteiger partial charge in [-0.15, -0.1) is 0 Å². The number of Topliss-reactive ketones (excluding diaryl/α,β-unsaturated/α-hetero) is 1. The van der Waals surface area contributed by atoms with Gasteiger partial charge in [0.1, 0.15) is 5.78 Å². The van der Waals surface area contributed by atoms with Crippen LogP contribution in [0.3, 0.4) is 0 Å². The van der Waals surface area contributed by atoms with Gasteiger partial charge in [0, 0.05) is 72.7 Å². The van der Waals surface area contributed by atoms with Crippen LogP contribution >= 0.6 is 0 Å². The summed E-state index contributed by atoms with van der Waals surface area (Å²) in [6.45, 7) is 7.06. The van der Waals surface area contributed by atoms with Crippen molar-refractivity contribution in [1.29, 1.82) is 0 Å². The zero-order chi connectivity index (χ0) is 20.8. The second-order valence-electron chi connectivity index (χ2n) is 7.36. The third-order valence-electron chi connectivity index (χ3n) is 5.38. The summed E-state index contributed by atoms with van der Waals surface area (Å²) in [5, 5.41) is 14.3. The highest BCUT2D eigenvalue weighted by Gasteiger charge is 2.21. The molecule has 154 valence electrons. The van der Waals surface area contributed by atoms with Gasteiger partial charge in [-0.2, -0.15) is 0 Å². The number of rotatable bonds is 9. The van der Waals surface area contributed by atoms with Crippen LogP contribution in [0.1, 0.15) is 37.4 Å². The van der Waals surface area contributed by atoms with Crippen LogP contribution in [0.4, 0.5) is 0 Å². The average molecular weight is 395 g/mol. The number of carbonyl (C=O) groups excluding carboxylic acids is 1. The number of aliphatic hydroxyl groups is 1. The molecule has 5 heteroatoms. The highest BCUT2D eigenvalue weighted by molar-refractivity contribution is 5.78. The highest BCUT2D eigenvalue weighted by Crippen LogP contribution is 2.20. The normalized spacial score (nSPS) is 16.4. The molecule has 0 fully saturated rings. The van der Waals surface area contributed by atoms with Crippen molar-refractivity contribution in [2.24, 2.45) is 0 Å². The molecule has 5 nitrogen and oxygen atoms in total. The summed E-state index contributed by atoms with van der Waals surface area (Å²) in [5.41, 5.74) is 4.43. The van der Waals surface area contributed by atoms with Crippen LogP contribution < -0.4 is 15.9 Å². The number of hydrogen-bond acceptors (Lipinski definition) is 4. The molecule has 0 saturated carbocycles. The molecule has 29 heavy (non-hydrogen) atoms. The minimum Gasteiger partial charge on any atom is -0.396 e. The maximum absolute atomic E-state index is 11.9. The summed E-state index contributed by atoms with van der Waals surface area (Å²) in [5.74, 6) is 0.168. The topological polar surface area (TPSA) is 63.5 Å². The molecule has 0 bridgehead atoms. The first-order valence-electron chi connectivity index (χ1n) is 10.1. The van der Waals surface area contributed by atoms with Crippen LogP contribution in [0.25, 0.3) is 24.0 Å². The molecule has 2 N–H and O–H groups in total. The number of ketones is 1. The summed E-state index contributed by atoms with van der Waals surface area (Å²) in [7, 11) is 1.73. The van der Waals surface area contributed by atoms with Gasteiger partial charge in [-0.3, -0.25) is 4.79 Å². The first kappa shape index (κ1) is 21.1. The Labute approximate surface area is 172 Å². The van der Waals surface area contributed by atoms with E-state index >= 15 is 0 Å². The second kappa shape index (κ2) is 9.72. The van der Waals surface area contributed by atoms with Crippen LogP contribution in [0.2, 0.25) is 0 Å². The lowest BCUT2D eigenvalue weighted by Crippen LogP contribution is -2.33. The molecule has 0 saturated heterocycles. The van der Waals surface area contributed by atoms with Crippen molar-refractivity contribution in [3.63, 3.8) is 0 Å². The quantitative estimate of drug-likeness (QED) is 0.682. The fourth-order valence-corrected chi connectivity index (χ4v) is 3.89. The number of hydrogen-bond donors (Lipinski definition) is 2. The minimum atomic E-state index is 0.0459. The fraction of sp³-hybridized carbons (Fsp3) is 0.375. The fourth-order valence-electron chi connectivity index (χ4n) is 3.89. The lowest BCUT2D eigenvalue weighted by atomic mass is 10.0. The summed E-state index contributed by atoms with van der Waals surface area (Å²) in [4.78, 5) is 11.9. The van der Waals surface area contributed by atoms with Crippen LogP contribution in [0.15, 0.2) is 36.4 Å². The van der Waals surface area contributed by atoms with Crippen LogP contribution in [0.5, 0.6) is 0 Å². The van der Waals surface area contributed by atoms with Gasteiger partial charge >= 0.3 is 0 Å². The molecule has 3 rings (SSSR count). The van der Waals surface area contributed by atoms with Crippen molar-refractivity contribution in [1.82, 2.24) is 9.88 Å². The largest absolute Gasteiger partial charge is 0.396 e. The standard InChI is InChI=1S/C24H30N2O3/c1-17(25-14-13-20(28)10-7-15-27)24-18(2)26(19-8-5-4-6-9-19)23-16-21(29-3)11-12-22(23)24/h4-6,8-9,11-12,21,25,27H,2,7,10,13-16H2,1,3H3/b24-17+. The van der Waals surface area contributed by atoms with Crippen LogP contribution in [0, 0.1) is 0 Å². The lowest BCUT2D eigenvalue weighted by molar-refractivity contribution is -0.119. The van der Waals surface area contributed by atoms with Crippen LogP contribution in [-0.4, -0.2) is 41.8 Å². The number of fused-ring (bicyclic) bond motifs is 1. The number of carbonyl (C=O) groups is 1. The molecule has 1 unspecified atom stereocenters. The number of aromatic nitrogens is 1. The van der Waals surface area contributed by atoms with Gasteiger partial charge in [-0.05, 0) is 25.5 Å². The summed E-state index contributed by atoms with van der Waals surface area (Å²) in [6, 6.07) is 10.2. The zero-order valence-corrected chi connectivity index (χ0v) is 17.3. The maximum atomic E-state index is 11.9. The van der Waals surface area contributed by atoms with E-state index in [2.05, 4.69) is 40.7 Å². The Kier molecular flexibility index (Phi) is 7.07. The van der Waals surface area contributed by atoms with Crippen molar-refractivity contribution in [3.05, 3.63) is 58.2 Å². The maximum Gasteiger partial charge on any atom is 0.134 e. The molecule has 0 amide bonds. The van der Waals surface area contributed by atoms with E-state index < -0.39 is 0 Å². The van der Waals surface area contributed by atoms with Gasteiger partial charge in [0.2, 0.25) is 0 Å². The molecule has 0 spiro atoms. The van der Waals surface area contributed by atoms with Crippen molar-refractivity contribution >= 4 is 24.1 Å². The zero-order valence-electron chi connectivity index (χ0n) is 17.3. The van der Waals surface area contributed by atoms with Gasteiger partial charge in [0.25, 0.3) is 0 Å². The van der Waals surface area contributed by atoms with Gasteiger partial charge in [-0.1, -0.05) is 36.9 Å². The molecular formula is C24H30N2O3. The van der Waals surface area contributed by atoms with Crippen molar-refractivity contribution in [2.75, 3.05) is 20.3 Å². The first-order valence-corrected chi connectivity index (χ1v) is 10.1. The number of nitrogens with one attached hydrogen (secondary N) is 1. The van der Waals surface area contributed by atoms with Gasteiger partial charge in [0.15, 0.2) is 0 Å². The SMILES string of the molecule is C=c1/c(=C(/C)NCCC(=O)CCCO)c2c(n1-c1ccccc1)CC(OC)C=C2. The summed E-state index contributed by atoms with van der Waals surface area (Å²) >= 11 is 0. The van der Waals surface area contributed by atoms with Gasteiger partial charge in [0.05, 0.1) is 6.10 Å². The molecule has 2 aromatic rings. The highest BCUT2D eigenvalue weighted by atomic mass is 16.5. The minimum absolute atomic E-state index is 0.0459. The Morgan fingerprint density at radius 1 is 1.31 bits per heavy atom. The average Bonchev–Trinajstić information content (AvgIpc) is 3.03. The van der Waals surface area contributed by atoms with E-state index in [1.54, 1.807) is 7.11 Å². The monoisotopic (exact) mass is 394 g/mol.